The largest absolute Gasteiger partial charge is 0.383 e. The molecule has 1 aromatic heterocycles. The Labute approximate surface area is 131 Å². The molecule has 1 rings (SSSR count). The van der Waals surface area contributed by atoms with Gasteiger partial charge in [-0.2, -0.15) is 4.31 Å². The lowest BCUT2D eigenvalue weighted by molar-refractivity contribution is 0.142. The minimum atomic E-state index is -3.53. The molecule has 0 aliphatic carbocycles. The van der Waals surface area contributed by atoms with E-state index in [2.05, 4.69) is 15.9 Å². The molecular weight excluding hydrogens is 374 g/mol. The fraction of sp³-hybridized carbons (Fsp3) is 0.636. The van der Waals surface area contributed by atoms with Crippen LogP contribution in [0.15, 0.2) is 14.7 Å². The Hall–Kier alpha value is 0.340. The molecular formula is C11H17BrClNO3S2. The number of sulfonamides is 1. The molecule has 0 amide bonds. The van der Waals surface area contributed by atoms with Crippen LogP contribution in [0, 0.1) is 0 Å². The van der Waals surface area contributed by atoms with Crippen molar-refractivity contribution in [1.82, 2.24) is 4.31 Å². The predicted molar refractivity (Wildman–Crippen MR) is 82.5 cm³/mol. The zero-order valence-corrected chi connectivity index (χ0v) is 15.0. The molecule has 0 aromatic carbocycles. The molecule has 0 spiro atoms. The number of alkyl halides is 1. The number of thiophene rings is 1. The first kappa shape index (κ1) is 17.4. The number of likely N-dealkylation sites (N-methyl/N-ethyl adjacent to an activating group) is 1. The summed E-state index contributed by atoms with van der Waals surface area (Å²) >= 11 is 10.4. The van der Waals surface area contributed by atoms with Gasteiger partial charge < -0.3 is 4.74 Å². The van der Waals surface area contributed by atoms with Crippen molar-refractivity contribution in [3.05, 3.63) is 14.7 Å². The molecule has 1 atom stereocenters. The summed E-state index contributed by atoms with van der Waals surface area (Å²) in [4.78, 5) is 1.10. The zero-order chi connectivity index (χ0) is 14.6. The highest BCUT2D eigenvalue weighted by Crippen LogP contribution is 2.34. The molecule has 110 valence electrons. The fourth-order valence-electron chi connectivity index (χ4n) is 1.81. The van der Waals surface area contributed by atoms with Gasteiger partial charge in [-0.1, -0.05) is 6.92 Å². The minimum absolute atomic E-state index is 0.216. The first-order chi connectivity index (χ1) is 8.88. The van der Waals surface area contributed by atoms with Crippen molar-refractivity contribution in [2.75, 3.05) is 20.3 Å². The van der Waals surface area contributed by atoms with Gasteiger partial charge in [-0.15, -0.1) is 22.9 Å². The zero-order valence-electron chi connectivity index (χ0n) is 11.0. The van der Waals surface area contributed by atoms with Crippen molar-refractivity contribution in [2.24, 2.45) is 0 Å². The van der Waals surface area contributed by atoms with Crippen molar-refractivity contribution in [3.8, 4) is 0 Å². The van der Waals surface area contributed by atoms with Crippen LogP contribution in [0.3, 0.4) is 0 Å². The van der Waals surface area contributed by atoms with E-state index in [1.165, 1.54) is 15.6 Å². The van der Waals surface area contributed by atoms with Crippen LogP contribution < -0.4 is 0 Å². The van der Waals surface area contributed by atoms with Crippen molar-refractivity contribution in [1.29, 1.82) is 0 Å². The molecule has 1 aromatic rings. The summed E-state index contributed by atoms with van der Waals surface area (Å²) < 4.78 is 32.3. The highest BCUT2D eigenvalue weighted by molar-refractivity contribution is 9.11. The maximum absolute atomic E-state index is 12.6. The number of ether oxygens (including phenoxy) is 1. The van der Waals surface area contributed by atoms with Crippen LogP contribution in [0.1, 0.15) is 18.7 Å². The van der Waals surface area contributed by atoms with Gasteiger partial charge in [0.05, 0.1) is 16.3 Å². The molecule has 4 nitrogen and oxygen atoms in total. The Balaban J connectivity index is 3.16. The number of halogens is 2. The van der Waals surface area contributed by atoms with Gasteiger partial charge in [-0.25, -0.2) is 8.42 Å². The fourth-order valence-corrected chi connectivity index (χ4v) is 6.16. The molecule has 0 fully saturated rings. The lowest BCUT2D eigenvalue weighted by Crippen LogP contribution is -2.40. The highest BCUT2D eigenvalue weighted by atomic mass is 79.9. The topological polar surface area (TPSA) is 46.6 Å². The van der Waals surface area contributed by atoms with E-state index in [9.17, 15) is 8.42 Å². The monoisotopic (exact) mass is 389 g/mol. The van der Waals surface area contributed by atoms with Gasteiger partial charge in [0.2, 0.25) is 10.0 Å². The molecule has 19 heavy (non-hydrogen) atoms. The number of nitrogens with zero attached hydrogens (tertiary/aromatic N) is 1. The van der Waals surface area contributed by atoms with Crippen LogP contribution >= 0.6 is 38.9 Å². The van der Waals surface area contributed by atoms with E-state index in [0.717, 1.165) is 4.88 Å². The summed E-state index contributed by atoms with van der Waals surface area (Å²) in [6.07, 6.45) is 0. The maximum atomic E-state index is 12.6. The van der Waals surface area contributed by atoms with Crippen molar-refractivity contribution in [2.45, 2.75) is 30.7 Å². The molecule has 0 radical (unpaired) electrons. The smallest absolute Gasteiger partial charge is 0.245 e. The molecule has 1 unspecified atom stereocenters. The average molecular weight is 391 g/mol. The Bertz CT molecular complexity index is 518. The molecule has 0 aliphatic heterocycles. The van der Waals surface area contributed by atoms with Crippen LogP contribution in [-0.2, 0) is 20.6 Å². The second-order valence-corrected chi connectivity index (χ2v) is 8.58. The molecule has 0 N–H and O–H groups in total. The SMILES string of the molecule is CCN(C(C)COC)S(=O)(=O)c1cc(CCl)sc1Br. The second-order valence-electron chi connectivity index (χ2n) is 4.00. The Morgan fingerprint density at radius 3 is 2.63 bits per heavy atom. The van der Waals surface area contributed by atoms with E-state index in [1.54, 1.807) is 13.2 Å². The molecule has 0 bridgehead atoms. The lowest BCUT2D eigenvalue weighted by Gasteiger charge is -2.26. The van der Waals surface area contributed by atoms with Crippen LogP contribution in [-0.4, -0.2) is 39.0 Å². The van der Waals surface area contributed by atoms with Crippen LogP contribution in [0.4, 0.5) is 0 Å². The summed E-state index contributed by atoms with van der Waals surface area (Å²) in [6, 6.07) is 1.41. The van der Waals surface area contributed by atoms with E-state index in [-0.39, 0.29) is 10.9 Å². The van der Waals surface area contributed by atoms with Gasteiger partial charge in [-0.05, 0) is 28.9 Å². The Morgan fingerprint density at radius 2 is 2.21 bits per heavy atom. The predicted octanol–water partition coefficient (Wildman–Crippen LogP) is 3.29. The standard InChI is InChI=1S/C11H17BrClNO3S2/c1-4-14(8(2)7-17-3)19(15,16)10-5-9(6-13)18-11(10)12/h5,8H,4,6-7H2,1-3H3. The first-order valence-electron chi connectivity index (χ1n) is 5.73. The van der Waals surface area contributed by atoms with Crippen molar-refractivity contribution >= 4 is 48.9 Å². The van der Waals surface area contributed by atoms with Crippen LogP contribution in [0.5, 0.6) is 0 Å². The first-order valence-corrected chi connectivity index (χ1v) is 9.31. The lowest BCUT2D eigenvalue weighted by atomic mass is 10.4. The normalized spacial score (nSPS) is 14.0. The molecule has 0 aliphatic rings. The molecule has 0 saturated carbocycles. The van der Waals surface area contributed by atoms with E-state index in [0.29, 0.717) is 22.8 Å². The van der Waals surface area contributed by atoms with Gasteiger partial charge in [0.25, 0.3) is 0 Å². The van der Waals surface area contributed by atoms with Gasteiger partial charge in [0.15, 0.2) is 0 Å². The molecule has 1 heterocycles. The maximum Gasteiger partial charge on any atom is 0.245 e. The molecule has 8 heteroatoms. The van der Waals surface area contributed by atoms with Gasteiger partial charge >= 0.3 is 0 Å². The van der Waals surface area contributed by atoms with E-state index >= 15 is 0 Å². The highest BCUT2D eigenvalue weighted by Gasteiger charge is 2.30. The van der Waals surface area contributed by atoms with Crippen molar-refractivity contribution in [3.63, 3.8) is 0 Å². The minimum Gasteiger partial charge on any atom is -0.383 e. The second kappa shape index (κ2) is 7.38. The van der Waals surface area contributed by atoms with Crippen molar-refractivity contribution < 1.29 is 13.2 Å². The quantitative estimate of drug-likeness (QED) is 0.671. The summed E-state index contributed by atoms with van der Waals surface area (Å²) in [6.45, 7) is 4.39. The van der Waals surface area contributed by atoms with Gasteiger partial charge in [0.1, 0.15) is 4.90 Å². The van der Waals surface area contributed by atoms with E-state index < -0.39 is 10.0 Å². The van der Waals surface area contributed by atoms with E-state index in [4.69, 9.17) is 16.3 Å². The summed E-state index contributed by atoms with van der Waals surface area (Å²) in [5.41, 5.74) is 0. The number of hydrogen-bond donors (Lipinski definition) is 0. The van der Waals surface area contributed by atoms with Gasteiger partial charge in [0, 0.05) is 24.6 Å². The number of hydrogen-bond acceptors (Lipinski definition) is 4. The number of methoxy groups -OCH3 is 1. The Morgan fingerprint density at radius 1 is 1.58 bits per heavy atom. The Kier molecular flexibility index (Phi) is 6.75. The third kappa shape index (κ3) is 3.92. The van der Waals surface area contributed by atoms with Gasteiger partial charge in [-0.3, -0.25) is 0 Å². The summed E-state index contributed by atoms with van der Waals surface area (Å²) in [5.74, 6) is 0.304. The van der Waals surface area contributed by atoms with Crippen LogP contribution in [0.25, 0.3) is 0 Å². The third-order valence-corrected chi connectivity index (χ3v) is 7.42. The number of rotatable bonds is 7. The summed E-state index contributed by atoms with van der Waals surface area (Å²) in [7, 11) is -1.98. The average Bonchev–Trinajstić information content (AvgIpc) is 2.72. The summed E-state index contributed by atoms with van der Waals surface area (Å²) in [5, 5.41) is 0. The third-order valence-electron chi connectivity index (χ3n) is 2.64. The van der Waals surface area contributed by atoms with E-state index in [1.807, 2.05) is 13.8 Å². The van der Waals surface area contributed by atoms with Crippen LogP contribution in [0.2, 0.25) is 0 Å². The molecule has 0 saturated heterocycles.